The Balaban J connectivity index is 1.35. The molecule has 0 unspecified atom stereocenters. The second-order valence-electron chi connectivity index (χ2n) is 11.1. The second-order valence-corrected chi connectivity index (χ2v) is 11.1. The summed E-state index contributed by atoms with van der Waals surface area (Å²) >= 11 is 0. The quantitative estimate of drug-likeness (QED) is 0.122. The Morgan fingerprint density at radius 2 is 1.45 bits per heavy atom. The first-order valence-electron chi connectivity index (χ1n) is 14.9. The molecule has 2 aliphatic rings. The van der Waals surface area contributed by atoms with Crippen molar-refractivity contribution in [2.45, 2.75) is 55.1 Å². The summed E-state index contributed by atoms with van der Waals surface area (Å²) in [5.41, 5.74) is -2.79. The Hall–Kier alpha value is -5.16. The first kappa shape index (κ1) is 35.2. The van der Waals surface area contributed by atoms with Crippen molar-refractivity contribution in [2.24, 2.45) is 0 Å². The van der Waals surface area contributed by atoms with E-state index in [1.165, 1.54) is 36.4 Å². The summed E-state index contributed by atoms with van der Waals surface area (Å²) in [5, 5.41) is 63.1. The molecule has 15 heteroatoms. The summed E-state index contributed by atoms with van der Waals surface area (Å²) in [6.07, 6.45) is -11.1. The monoisotopic (exact) mass is 680 g/mol. The molecular weight excluding hydrogens is 648 g/mol. The summed E-state index contributed by atoms with van der Waals surface area (Å²) in [4.78, 5) is 50.2. The number of phenolic OH excluding ortho intramolecular Hbond substituents is 1. The molecule has 3 aromatic rings. The molecule has 1 saturated heterocycles. The van der Waals surface area contributed by atoms with Gasteiger partial charge < -0.3 is 54.3 Å². The largest absolute Gasteiger partial charge is 0.508 e. The zero-order valence-corrected chi connectivity index (χ0v) is 25.5. The first-order chi connectivity index (χ1) is 23.4. The summed E-state index contributed by atoms with van der Waals surface area (Å²) in [7, 11) is 0. The highest BCUT2D eigenvalue weighted by molar-refractivity contribution is 6.01. The Bertz CT molecular complexity index is 1690. The van der Waals surface area contributed by atoms with Gasteiger partial charge in [-0.05, 0) is 54.6 Å². The number of rotatable bonds is 10. The van der Waals surface area contributed by atoms with Gasteiger partial charge in [0.1, 0.15) is 49.1 Å². The van der Waals surface area contributed by atoms with Gasteiger partial charge in [-0.1, -0.05) is 36.4 Å². The van der Waals surface area contributed by atoms with Crippen LogP contribution in [-0.2, 0) is 35.1 Å². The van der Waals surface area contributed by atoms with Crippen LogP contribution in [0.25, 0.3) is 0 Å². The number of phenols is 1. The van der Waals surface area contributed by atoms with Gasteiger partial charge in [0.25, 0.3) is 0 Å². The fraction of sp³-hybridized carbons (Fsp3) is 0.294. The normalized spacial score (nSPS) is 27.9. The van der Waals surface area contributed by atoms with Crippen LogP contribution in [0.2, 0.25) is 0 Å². The van der Waals surface area contributed by atoms with Crippen LogP contribution in [0.1, 0.15) is 26.3 Å². The fourth-order valence-electron chi connectivity index (χ4n) is 5.08. The zero-order valence-electron chi connectivity index (χ0n) is 25.5. The maximum absolute atomic E-state index is 12.9. The molecule has 8 atom stereocenters. The lowest BCUT2D eigenvalue weighted by atomic mass is 9.83. The predicted octanol–water partition coefficient (Wildman–Crippen LogP) is -0.0647. The van der Waals surface area contributed by atoms with Crippen molar-refractivity contribution in [2.75, 3.05) is 6.61 Å². The maximum Gasteiger partial charge on any atom is 0.344 e. The molecule has 5 rings (SSSR count). The molecule has 1 aliphatic carbocycles. The predicted molar refractivity (Wildman–Crippen MR) is 163 cm³/mol. The van der Waals surface area contributed by atoms with Crippen molar-refractivity contribution in [3.8, 4) is 11.5 Å². The lowest BCUT2D eigenvalue weighted by molar-refractivity contribution is -0.276. The van der Waals surface area contributed by atoms with E-state index in [2.05, 4.69) is 0 Å². The van der Waals surface area contributed by atoms with Gasteiger partial charge in [0.05, 0.1) is 11.1 Å². The number of carbonyl (C=O) groups excluding carboxylic acids is 4. The molecule has 1 aliphatic heterocycles. The van der Waals surface area contributed by atoms with Crippen LogP contribution in [0.3, 0.4) is 0 Å². The standard InChI is InChI=1S/C34H32O15/c35-21-11-13-23(20(15-21)16-46-33(43)34(44)25(37)14-12-22(36)29(34)40)47-32-27(39)26(38)28(49-31(42)19-9-5-2-6-10-19)24(48-32)17-45-30(41)18-7-3-1-4-8-18/h1-15,24-29,32,35,37-40,44H,16-17H2/t24-,25-,26-,27-,28-,29+,32-,34-/m1/s1. The van der Waals surface area contributed by atoms with Crippen LogP contribution in [0, 0.1) is 0 Å². The molecule has 0 amide bonds. The number of hydrogen-bond acceptors (Lipinski definition) is 15. The number of esters is 3. The van der Waals surface area contributed by atoms with Gasteiger partial charge in [-0.3, -0.25) is 4.79 Å². The molecule has 0 bridgehead atoms. The zero-order chi connectivity index (χ0) is 35.3. The fourth-order valence-corrected chi connectivity index (χ4v) is 5.08. The van der Waals surface area contributed by atoms with E-state index in [0.717, 1.165) is 18.2 Å². The molecule has 258 valence electrons. The maximum atomic E-state index is 12.9. The van der Waals surface area contributed by atoms with Crippen LogP contribution >= 0.6 is 0 Å². The minimum Gasteiger partial charge on any atom is -0.508 e. The lowest BCUT2D eigenvalue weighted by Gasteiger charge is -2.41. The average molecular weight is 681 g/mol. The van der Waals surface area contributed by atoms with Crippen molar-refractivity contribution in [3.05, 3.63) is 108 Å². The number of ketones is 1. The number of carbonyl (C=O) groups is 4. The van der Waals surface area contributed by atoms with Gasteiger partial charge in [0.15, 0.2) is 18.0 Å². The topological polar surface area (TPSA) is 236 Å². The van der Waals surface area contributed by atoms with Crippen molar-refractivity contribution < 1.29 is 73.5 Å². The molecule has 0 radical (unpaired) electrons. The van der Waals surface area contributed by atoms with E-state index < -0.39 is 85.4 Å². The highest BCUT2D eigenvalue weighted by Crippen LogP contribution is 2.32. The molecule has 0 spiro atoms. The van der Waals surface area contributed by atoms with E-state index in [0.29, 0.717) is 0 Å². The lowest BCUT2D eigenvalue weighted by Crippen LogP contribution is -2.62. The van der Waals surface area contributed by atoms with E-state index >= 15 is 0 Å². The smallest absolute Gasteiger partial charge is 0.344 e. The van der Waals surface area contributed by atoms with Gasteiger partial charge >= 0.3 is 17.9 Å². The Labute approximate surface area is 278 Å². The summed E-state index contributed by atoms with van der Waals surface area (Å²) in [5.74, 6) is -4.78. The molecule has 15 nitrogen and oxygen atoms in total. The van der Waals surface area contributed by atoms with Crippen molar-refractivity contribution in [1.29, 1.82) is 0 Å². The Kier molecular flexibility index (Phi) is 10.7. The van der Waals surface area contributed by atoms with Crippen molar-refractivity contribution >= 4 is 23.7 Å². The number of benzene rings is 3. The van der Waals surface area contributed by atoms with E-state index in [9.17, 15) is 49.8 Å². The van der Waals surface area contributed by atoms with Crippen LogP contribution in [0.5, 0.6) is 11.5 Å². The molecule has 0 aromatic heterocycles. The molecule has 1 heterocycles. The first-order valence-corrected chi connectivity index (χ1v) is 14.9. The second kappa shape index (κ2) is 14.9. The third-order valence-corrected chi connectivity index (χ3v) is 7.83. The molecular formula is C34H32O15. The molecule has 0 saturated carbocycles. The number of aliphatic hydroxyl groups is 5. The minimum absolute atomic E-state index is 0.0893. The highest BCUT2D eigenvalue weighted by Gasteiger charge is 2.55. The number of hydrogen-bond donors (Lipinski definition) is 6. The van der Waals surface area contributed by atoms with Crippen LogP contribution in [0.15, 0.2) is 91.0 Å². The minimum atomic E-state index is -3.03. The molecule has 49 heavy (non-hydrogen) atoms. The van der Waals surface area contributed by atoms with Gasteiger partial charge in [0.2, 0.25) is 11.9 Å². The van der Waals surface area contributed by atoms with Gasteiger partial charge in [0, 0.05) is 5.56 Å². The third kappa shape index (κ3) is 7.62. The number of ether oxygens (including phenoxy) is 5. The SMILES string of the molecule is O=C(OC[C@H]1O[C@@H](Oc2ccc(O)cc2COC(=O)[C@@]2(O)[C@H](O)C=CC(=O)[C@@H]2O)[C@H](O)[C@@H](O)[C@@H]1OC(=O)c1ccccc1)c1ccccc1. The number of aromatic hydroxyl groups is 1. The molecule has 6 N–H and O–H groups in total. The van der Waals surface area contributed by atoms with E-state index in [1.54, 1.807) is 36.4 Å². The van der Waals surface area contributed by atoms with Crippen LogP contribution in [0.4, 0.5) is 0 Å². The average Bonchev–Trinajstić information content (AvgIpc) is 3.11. The van der Waals surface area contributed by atoms with Gasteiger partial charge in [-0.15, -0.1) is 0 Å². The van der Waals surface area contributed by atoms with Crippen molar-refractivity contribution in [3.63, 3.8) is 0 Å². The van der Waals surface area contributed by atoms with Crippen molar-refractivity contribution in [1.82, 2.24) is 0 Å². The van der Waals surface area contributed by atoms with E-state index in [-0.39, 0.29) is 28.2 Å². The summed E-state index contributed by atoms with van der Waals surface area (Å²) in [6.45, 7) is -1.33. The van der Waals surface area contributed by atoms with E-state index in [4.69, 9.17) is 23.7 Å². The number of aliphatic hydroxyl groups excluding tert-OH is 4. The molecule has 3 aromatic carbocycles. The summed E-state index contributed by atoms with van der Waals surface area (Å²) in [6, 6.07) is 19.2. The highest BCUT2D eigenvalue weighted by atomic mass is 16.7. The molecule has 1 fully saturated rings. The van der Waals surface area contributed by atoms with Crippen LogP contribution in [-0.4, -0.2) is 109 Å². The third-order valence-electron chi connectivity index (χ3n) is 7.83. The Morgan fingerprint density at radius 3 is 2.10 bits per heavy atom. The van der Waals surface area contributed by atoms with Gasteiger partial charge in [-0.25, -0.2) is 14.4 Å². The Morgan fingerprint density at radius 1 is 0.816 bits per heavy atom. The van der Waals surface area contributed by atoms with E-state index in [1.807, 2.05) is 0 Å². The van der Waals surface area contributed by atoms with Gasteiger partial charge in [-0.2, -0.15) is 0 Å². The summed E-state index contributed by atoms with van der Waals surface area (Å²) < 4.78 is 27.6. The van der Waals surface area contributed by atoms with Crippen LogP contribution < -0.4 is 4.74 Å².